The van der Waals surface area contributed by atoms with Crippen LogP contribution in [0.3, 0.4) is 0 Å². The van der Waals surface area contributed by atoms with Gasteiger partial charge in [0.2, 0.25) is 0 Å². The van der Waals surface area contributed by atoms with Crippen LogP contribution in [0.2, 0.25) is 0 Å². The standard InChI is InChI=1S/C24H23BrN2O6/c1-27-21-10-17(30-2)6-7-20(21)26-23(27)14-32-18-5-3-15(4-8-24(28)29)22(11-18)33-13-19-9-16(25)12-31-19/h3,5-7,9-12H,4,8,13-14H2,1-2H3,(H,28,29). The van der Waals surface area contributed by atoms with E-state index in [4.69, 9.17) is 23.7 Å². The lowest BCUT2D eigenvalue weighted by atomic mass is 10.1. The Morgan fingerprint density at radius 1 is 1.12 bits per heavy atom. The minimum Gasteiger partial charge on any atom is -0.497 e. The number of furan rings is 1. The van der Waals surface area contributed by atoms with Gasteiger partial charge in [-0.1, -0.05) is 6.07 Å². The number of imidazole rings is 1. The highest BCUT2D eigenvalue weighted by Crippen LogP contribution is 2.29. The lowest BCUT2D eigenvalue weighted by Gasteiger charge is -2.13. The molecular formula is C24H23BrN2O6. The van der Waals surface area contributed by atoms with Crippen molar-refractivity contribution in [2.45, 2.75) is 26.1 Å². The van der Waals surface area contributed by atoms with Crippen LogP contribution in [0.15, 0.2) is 57.6 Å². The van der Waals surface area contributed by atoms with Gasteiger partial charge in [0.05, 0.1) is 22.6 Å². The first-order valence-corrected chi connectivity index (χ1v) is 11.0. The number of carboxylic acids is 1. The third-order valence-electron chi connectivity index (χ3n) is 5.19. The molecule has 8 nitrogen and oxygen atoms in total. The number of ether oxygens (including phenoxy) is 3. The molecule has 4 rings (SSSR count). The Labute approximate surface area is 198 Å². The normalized spacial score (nSPS) is 11.0. The number of aromatic nitrogens is 2. The molecule has 2 heterocycles. The number of hydrogen-bond donors (Lipinski definition) is 1. The van der Waals surface area contributed by atoms with Crippen molar-refractivity contribution in [3.05, 3.63) is 70.3 Å². The number of carbonyl (C=O) groups is 1. The average molecular weight is 515 g/mol. The molecule has 2 aromatic carbocycles. The lowest BCUT2D eigenvalue weighted by molar-refractivity contribution is -0.136. The van der Waals surface area contributed by atoms with Gasteiger partial charge in [0.1, 0.15) is 48.3 Å². The summed E-state index contributed by atoms with van der Waals surface area (Å²) in [5.74, 6) is 2.45. The summed E-state index contributed by atoms with van der Waals surface area (Å²) in [6.45, 7) is 0.467. The average Bonchev–Trinajstić information content (AvgIpc) is 3.37. The Morgan fingerprint density at radius 3 is 2.67 bits per heavy atom. The number of carboxylic acid groups (broad SMARTS) is 1. The molecule has 0 amide bonds. The zero-order chi connectivity index (χ0) is 23.4. The summed E-state index contributed by atoms with van der Waals surface area (Å²) >= 11 is 3.34. The molecule has 9 heteroatoms. The van der Waals surface area contributed by atoms with Crippen LogP contribution in [-0.4, -0.2) is 27.7 Å². The number of hydrogen-bond acceptors (Lipinski definition) is 6. The van der Waals surface area contributed by atoms with Crippen molar-refractivity contribution in [3.8, 4) is 17.2 Å². The fourth-order valence-electron chi connectivity index (χ4n) is 3.41. The molecule has 0 radical (unpaired) electrons. The van der Waals surface area contributed by atoms with E-state index >= 15 is 0 Å². The zero-order valence-corrected chi connectivity index (χ0v) is 19.8. The van der Waals surface area contributed by atoms with E-state index in [2.05, 4.69) is 20.9 Å². The molecule has 0 aliphatic carbocycles. The Bertz CT molecular complexity index is 1280. The van der Waals surface area contributed by atoms with E-state index in [9.17, 15) is 4.79 Å². The van der Waals surface area contributed by atoms with Crippen molar-refractivity contribution < 1.29 is 28.5 Å². The van der Waals surface area contributed by atoms with Crippen LogP contribution in [0.25, 0.3) is 11.0 Å². The van der Waals surface area contributed by atoms with Crippen molar-refractivity contribution in [3.63, 3.8) is 0 Å². The van der Waals surface area contributed by atoms with Crippen LogP contribution in [0.5, 0.6) is 17.2 Å². The first kappa shape index (κ1) is 22.7. The van der Waals surface area contributed by atoms with E-state index in [-0.39, 0.29) is 19.6 Å². The number of aryl methyl sites for hydroxylation is 2. The van der Waals surface area contributed by atoms with E-state index < -0.39 is 5.97 Å². The molecule has 0 saturated carbocycles. The highest BCUT2D eigenvalue weighted by atomic mass is 79.9. The minimum atomic E-state index is -0.866. The molecule has 4 aromatic rings. The summed E-state index contributed by atoms with van der Waals surface area (Å²) in [7, 11) is 3.56. The summed E-state index contributed by atoms with van der Waals surface area (Å²) in [6.07, 6.45) is 1.93. The summed E-state index contributed by atoms with van der Waals surface area (Å²) < 4.78 is 25.4. The largest absolute Gasteiger partial charge is 0.497 e. The summed E-state index contributed by atoms with van der Waals surface area (Å²) in [6, 6.07) is 12.9. The zero-order valence-electron chi connectivity index (χ0n) is 18.2. The van der Waals surface area contributed by atoms with Gasteiger partial charge in [0.25, 0.3) is 0 Å². The Hall–Kier alpha value is -3.46. The fraction of sp³-hybridized carbons (Fsp3) is 0.250. The van der Waals surface area contributed by atoms with Gasteiger partial charge in [-0.05, 0) is 52.2 Å². The monoisotopic (exact) mass is 514 g/mol. The molecule has 33 heavy (non-hydrogen) atoms. The second-order valence-electron chi connectivity index (χ2n) is 7.41. The molecule has 0 bridgehead atoms. The smallest absolute Gasteiger partial charge is 0.303 e. The van der Waals surface area contributed by atoms with Crippen LogP contribution in [-0.2, 0) is 31.5 Å². The molecule has 0 fully saturated rings. The third-order valence-corrected chi connectivity index (χ3v) is 5.60. The Balaban J connectivity index is 1.51. The van der Waals surface area contributed by atoms with Gasteiger partial charge >= 0.3 is 5.97 Å². The number of aliphatic carboxylic acids is 1. The highest BCUT2D eigenvalue weighted by molar-refractivity contribution is 9.10. The molecule has 0 aliphatic rings. The summed E-state index contributed by atoms with van der Waals surface area (Å²) in [5.41, 5.74) is 2.59. The SMILES string of the molecule is COc1ccc2nc(COc3ccc(CCC(=O)O)c(OCc4cc(Br)co4)c3)n(C)c2c1. The molecule has 0 atom stereocenters. The summed E-state index contributed by atoms with van der Waals surface area (Å²) in [5, 5.41) is 9.06. The minimum absolute atomic E-state index is 0.00614. The Morgan fingerprint density at radius 2 is 1.94 bits per heavy atom. The summed E-state index contributed by atoms with van der Waals surface area (Å²) in [4.78, 5) is 15.7. The van der Waals surface area contributed by atoms with Gasteiger partial charge in [0.15, 0.2) is 0 Å². The Kier molecular flexibility index (Phi) is 6.88. The number of halogens is 1. The van der Waals surface area contributed by atoms with Crippen molar-refractivity contribution in [1.29, 1.82) is 0 Å². The van der Waals surface area contributed by atoms with Crippen molar-refractivity contribution in [2.75, 3.05) is 7.11 Å². The molecule has 1 N–H and O–H groups in total. The van der Waals surface area contributed by atoms with Crippen LogP contribution in [0, 0.1) is 0 Å². The fourth-order valence-corrected chi connectivity index (χ4v) is 3.76. The second kappa shape index (κ2) is 9.99. The lowest BCUT2D eigenvalue weighted by Crippen LogP contribution is -2.05. The first-order chi connectivity index (χ1) is 15.9. The van der Waals surface area contributed by atoms with Crippen LogP contribution >= 0.6 is 15.9 Å². The van der Waals surface area contributed by atoms with Gasteiger partial charge in [-0.15, -0.1) is 0 Å². The number of methoxy groups -OCH3 is 1. The molecule has 0 spiro atoms. The van der Waals surface area contributed by atoms with Gasteiger partial charge < -0.3 is 28.3 Å². The number of nitrogens with zero attached hydrogens (tertiary/aromatic N) is 2. The molecule has 0 aliphatic heterocycles. The number of fused-ring (bicyclic) bond motifs is 1. The third kappa shape index (κ3) is 5.48. The molecule has 2 aromatic heterocycles. The van der Waals surface area contributed by atoms with E-state index in [1.807, 2.05) is 41.9 Å². The molecule has 0 unspecified atom stereocenters. The number of rotatable bonds is 10. The van der Waals surface area contributed by atoms with E-state index in [1.165, 1.54) is 0 Å². The van der Waals surface area contributed by atoms with E-state index in [0.29, 0.717) is 23.7 Å². The van der Waals surface area contributed by atoms with Crippen molar-refractivity contribution in [2.24, 2.45) is 7.05 Å². The second-order valence-corrected chi connectivity index (χ2v) is 8.33. The van der Waals surface area contributed by atoms with Crippen LogP contribution in [0.4, 0.5) is 0 Å². The molecule has 172 valence electrons. The van der Waals surface area contributed by atoms with Gasteiger partial charge in [-0.3, -0.25) is 4.79 Å². The highest BCUT2D eigenvalue weighted by Gasteiger charge is 2.13. The predicted molar refractivity (Wildman–Crippen MR) is 125 cm³/mol. The van der Waals surface area contributed by atoms with Crippen molar-refractivity contribution >= 4 is 32.9 Å². The molecular weight excluding hydrogens is 492 g/mol. The molecule has 0 saturated heterocycles. The van der Waals surface area contributed by atoms with Gasteiger partial charge in [-0.2, -0.15) is 0 Å². The maximum Gasteiger partial charge on any atom is 0.303 e. The predicted octanol–water partition coefficient (Wildman–Crippen LogP) is 5.11. The quantitative estimate of drug-likeness (QED) is 0.314. The van der Waals surface area contributed by atoms with E-state index in [1.54, 1.807) is 25.5 Å². The van der Waals surface area contributed by atoms with Crippen LogP contribution < -0.4 is 14.2 Å². The number of benzene rings is 2. The van der Waals surface area contributed by atoms with Gasteiger partial charge in [-0.25, -0.2) is 4.98 Å². The van der Waals surface area contributed by atoms with Crippen LogP contribution in [0.1, 0.15) is 23.6 Å². The first-order valence-electron chi connectivity index (χ1n) is 10.3. The topological polar surface area (TPSA) is 96.0 Å². The van der Waals surface area contributed by atoms with Gasteiger partial charge in [0, 0.05) is 25.6 Å². The van der Waals surface area contributed by atoms with E-state index in [0.717, 1.165) is 32.6 Å². The maximum atomic E-state index is 11.0. The maximum absolute atomic E-state index is 11.0. The van der Waals surface area contributed by atoms with Crippen molar-refractivity contribution in [1.82, 2.24) is 9.55 Å².